The molecule has 0 amide bonds. The van der Waals surface area contributed by atoms with E-state index in [1.165, 1.54) is 11.1 Å². The van der Waals surface area contributed by atoms with E-state index in [-0.39, 0.29) is 12.1 Å². The molecule has 4 nitrogen and oxygen atoms in total. The summed E-state index contributed by atoms with van der Waals surface area (Å²) < 4.78 is 2.02. The molecule has 0 aliphatic carbocycles. The van der Waals surface area contributed by atoms with Crippen LogP contribution in [-0.4, -0.2) is 19.9 Å². The molecule has 0 aliphatic heterocycles. The largest absolute Gasteiger partial charge is 0.388 e. The summed E-state index contributed by atoms with van der Waals surface area (Å²) in [4.78, 5) is 0. The summed E-state index contributed by atoms with van der Waals surface area (Å²) in [7, 11) is 0. The van der Waals surface area contributed by atoms with E-state index in [9.17, 15) is 5.11 Å². The van der Waals surface area contributed by atoms with E-state index in [1.807, 2.05) is 4.57 Å². The third-order valence-corrected chi connectivity index (χ3v) is 3.05. The second kappa shape index (κ2) is 5.13. The first-order valence-electron chi connectivity index (χ1n) is 6.52. The van der Waals surface area contributed by atoms with Crippen LogP contribution in [0.3, 0.4) is 0 Å². The zero-order valence-corrected chi connectivity index (χ0v) is 12.0. The molecule has 1 N–H and O–H groups in total. The van der Waals surface area contributed by atoms with Gasteiger partial charge >= 0.3 is 0 Å². The van der Waals surface area contributed by atoms with Gasteiger partial charge in [-0.05, 0) is 33.3 Å². The Hall–Kier alpha value is -1.68. The molecule has 4 heteroatoms. The third-order valence-electron chi connectivity index (χ3n) is 3.05. The number of aliphatic hydroxyl groups is 1. The van der Waals surface area contributed by atoms with Crippen LogP contribution in [0.1, 0.15) is 43.5 Å². The predicted octanol–water partition coefficient (Wildman–Crippen LogP) is 2.42. The Morgan fingerprint density at radius 1 is 1.16 bits per heavy atom. The van der Waals surface area contributed by atoms with Gasteiger partial charge in [0.05, 0.1) is 0 Å². The standard InChI is InChI=1S/C15H21N3O/c1-11-6-5-7-12(8-11)9-13-16-17-14(10-19)18(13)15(2,3)4/h5-8,19H,9-10H2,1-4H3. The highest BCUT2D eigenvalue weighted by atomic mass is 16.3. The summed E-state index contributed by atoms with van der Waals surface area (Å²) in [5, 5.41) is 17.7. The van der Waals surface area contributed by atoms with Gasteiger partial charge in [-0.1, -0.05) is 29.8 Å². The van der Waals surface area contributed by atoms with Gasteiger partial charge in [0.1, 0.15) is 12.4 Å². The van der Waals surface area contributed by atoms with Crippen molar-refractivity contribution in [2.75, 3.05) is 0 Å². The van der Waals surface area contributed by atoms with Crippen LogP contribution in [0.5, 0.6) is 0 Å². The van der Waals surface area contributed by atoms with Gasteiger partial charge in [0.2, 0.25) is 0 Å². The topological polar surface area (TPSA) is 50.9 Å². The van der Waals surface area contributed by atoms with Crippen LogP contribution in [0.2, 0.25) is 0 Å². The lowest BCUT2D eigenvalue weighted by Crippen LogP contribution is -2.26. The average Bonchev–Trinajstić information content (AvgIpc) is 2.71. The average molecular weight is 259 g/mol. The van der Waals surface area contributed by atoms with E-state index < -0.39 is 0 Å². The molecule has 0 bridgehead atoms. The molecule has 1 heterocycles. The molecule has 0 radical (unpaired) electrons. The maximum atomic E-state index is 9.38. The smallest absolute Gasteiger partial charge is 0.159 e. The molecular weight excluding hydrogens is 238 g/mol. The second-order valence-electron chi connectivity index (χ2n) is 5.86. The Bertz CT molecular complexity index is 567. The molecule has 1 aromatic carbocycles. The first-order valence-corrected chi connectivity index (χ1v) is 6.52. The molecule has 102 valence electrons. The lowest BCUT2D eigenvalue weighted by atomic mass is 10.1. The molecule has 2 rings (SSSR count). The molecule has 1 aromatic heterocycles. The van der Waals surface area contributed by atoms with Crippen molar-refractivity contribution in [2.45, 2.75) is 46.3 Å². The zero-order valence-electron chi connectivity index (χ0n) is 12.0. The van der Waals surface area contributed by atoms with Crippen LogP contribution < -0.4 is 0 Å². The number of aliphatic hydroxyl groups excluding tert-OH is 1. The maximum Gasteiger partial charge on any atom is 0.159 e. The highest BCUT2D eigenvalue weighted by Gasteiger charge is 2.22. The van der Waals surface area contributed by atoms with Crippen molar-refractivity contribution in [3.8, 4) is 0 Å². The number of aryl methyl sites for hydroxylation is 1. The van der Waals surface area contributed by atoms with E-state index in [0.29, 0.717) is 5.82 Å². The molecule has 0 saturated carbocycles. The number of benzene rings is 1. The van der Waals surface area contributed by atoms with E-state index in [1.54, 1.807) is 0 Å². The van der Waals surface area contributed by atoms with Gasteiger partial charge in [-0.15, -0.1) is 10.2 Å². The molecular formula is C15H21N3O. The Balaban J connectivity index is 2.38. The number of aromatic nitrogens is 3. The van der Waals surface area contributed by atoms with Crippen molar-refractivity contribution >= 4 is 0 Å². The van der Waals surface area contributed by atoms with Gasteiger partial charge in [-0.25, -0.2) is 0 Å². The predicted molar refractivity (Wildman–Crippen MR) is 74.9 cm³/mol. The molecule has 0 spiro atoms. The highest BCUT2D eigenvalue weighted by molar-refractivity contribution is 5.25. The molecule has 2 aromatic rings. The van der Waals surface area contributed by atoms with Crippen molar-refractivity contribution in [1.29, 1.82) is 0 Å². The van der Waals surface area contributed by atoms with Gasteiger partial charge in [0, 0.05) is 12.0 Å². The zero-order chi connectivity index (χ0) is 14.0. The highest BCUT2D eigenvalue weighted by Crippen LogP contribution is 2.20. The summed E-state index contributed by atoms with van der Waals surface area (Å²) in [5.74, 6) is 1.51. The number of hydrogen-bond donors (Lipinski definition) is 1. The summed E-state index contributed by atoms with van der Waals surface area (Å²) in [5.41, 5.74) is 2.31. The Kier molecular flexibility index (Phi) is 3.71. The van der Waals surface area contributed by atoms with Gasteiger partial charge in [0.25, 0.3) is 0 Å². The summed E-state index contributed by atoms with van der Waals surface area (Å²) in [6.07, 6.45) is 0.728. The first-order chi connectivity index (χ1) is 8.91. The third kappa shape index (κ3) is 3.01. The first kappa shape index (κ1) is 13.7. The Morgan fingerprint density at radius 2 is 1.84 bits per heavy atom. The Labute approximate surface area is 114 Å². The van der Waals surface area contributed by atoms with Crippen LogP contribution in [0.25, 0.3) is 0 Å². The van der Waals surface area contributed by atoms with Gasteiger partial charge < -0.3 is 9.67 Å². The fourth-order valence-corrected chi connectivity index (χ4v) is 2.35. The van der Waals surface area contributed by atoms with Gasteiger partial charge in [-0.2, -0.15) is 0 Å². The molecule has 19 heavy (non-hydrogen) atoms. The Morgan fingerprint density at radius 3 is 2.42 bits per heavy atom. The minimum absolute atomic E-state index is 0.0852. The van der Waals surface area contributed by atoms with Crippen molar-refractivity contribution in [3.05, 3.63) is 47.0 Å². The molecule has 0 unspecified atom stereocenters. The molecule has 0 atom stereocenters. The minimum Gasteiger partial charge on any atom is -0.388 e. The van der Waals surface area contributed by atoms with Gasteiger partial charge in [0.15, 0.2) is 5.82 Å². The molecule has 0 saturated heterocycles. The van der Waals surface area contributed by atoms with Crippen molar-refractivity contribution in [3.63, 3.8) is 0 Å². The summed E-state index contributed by atoms with van der Waals surface area (Å²) >= 11 is 0. The monoisotopic (exact) mass is 259 g/mol. The minimum atomic E-state index is -0.138. The summed E-state index contributed by atoms with van der Waals surface area (Å²) in [6.45, 7) is 8.27. The molecule has 0 fully saturated rings. The summed E-state index contributed by atoms with van der Waals surface area (Å²) in [6, 6.07) is 8.38. The number of rotatable bonds is 3. The maximum absolute atomic E-state index is 9.38. The van der Waals surface area contributed by atoms with Crippen molar-refractivity contribution < 1.29 is 5.11 Å². The SMILES string of the molecule is Cc1cccc(Cc2nnc(CO)n2C(C)(C)C)c1. The van der Waals surface area contributed by atoms with E-state index in [2.05, 4.69) is 62.2 Å². The number of hydrogen-bond acceptors (Lipinski definition) is 3. The fourth-order valence-electron chi connectivity index (χ4n) is 2.35. The van der Waals surface area contributed by atoms with Crippen molar-refractivity contribution in [2.24, 2.45) is 0 Å². The lowest BCUT2D eigenvalue weighted by Gasteiger charge is -2.24. The normalized spacial score (nSPS) is 11.8. The van der Waals surface area contributed by atoms with Crippen LogP contribution in [0.15, 0.2) is 24.3 Å². The second-order valence-corrected chi connectivity index (χ2v) is 5.86. The fraction of sp³-hybridized carbons (Fsp3) is 0.467. The van der Waals surface area contributed by atoms with Crippen LogP contribution >= 0.6 is 0 Å². The number of nitrogens with zero attached hydrogens (tertiary/aromatic N) is 3. The van der Waals surface area contributed by atoms with E-state index in [0.717, 1.165) is 12.2 Å². The van der Waals surface area contributed by atoms with E-state index >= 15 is 0 Å². The quantitative estimate of drug-likeness (QED) is 0.921. The molecule has 0 aliphatic rings. The van der Waals surface area contributed by atoms with Crippen LogP contribution in [0.4, 0.5) is 0 Å². The van der Waals surface area contributed by atoms with E-state index in [4.69, 9.17) is 0 Å². The van der Waals surface area contributed by atoms with Crippen LogP contribution in [-0.2, 0) is 18.6 Å². The van der Waals surface area contributed by atoms with Crippen molar-refractivity contribution in [1.82, 2.24) is 14.8 Å². The van der Waals surface area contributed by atoms with Gasteiger partial charge in [-0.3, -0.25) is 0 Å². The van der Waals surface area contributed by atoms with Crippen LogP contribution in [0, 0.1) is 6.92 Å². The lowest BCUT2D eigenvalue weighted by molar-refractivity contribution is 0.248.